The van der Waals surface area contributed by atoms with E-state index in [1.165, 1.54) is 0 Å². The molecule has 98 valence electrons. The van der Waals surface area contributed by atoms with Crippen LogP contribution in [0.1, 0.15) is 37.8 Å². The SMILES string of the molecule is COC1(c2ccccc2CC(C)(C)C(=O)O)CC1. The van der Waals surface area contributed by atoms with Gasteiger partial charge in [0.25, 0.3) is 0 Å². The van der Waals surface area contributed by atoms with Crippen molar-refractivity contribution in [3.05, 3.63) is 35.4 Å². The van der Waals surface area contributed by atoms with Gasteiger partial charge in [-0.2, -0.15) is 0 Å². The molecule has 3 nitrogen and oxygen atoms in total. The Morgan fingerprint density at radius 2 is 2.00 bits per heavy atom. The minimum Gasteiger partial charge on any atom is -0.481 e. The molecule has 0 aromatic heterocycles. The molecule has 0 aliphatic heterocycles. The summed E-state index contributed by atoms with van der Waals surface area (Å²) in [4.78, 5) is 11.2. The van der Waals surface area contributed by atoms with E-state index in [1.54, 1.807) is 21.0 Å². The number of hydrogen-bond acceptors (Lipinski definition) is 2. The molecule has 1 saturated carbocycles. The molecule has 1 fully saturated rings. The predicted octanol–water partition coefficient (Wildman–Crippen LogP) is 2.98. The molecule has 0 bridgehead atoms. The van der Waals surface area contributed by atoms with E-state index in [0.29, 0.717) is 6.42 Å². The van der Waals surface area contributed by atoms with Crippen molar-refractivity contribution in [3.63, 3.8) is 0 Å². The zero-order chi connectivity index (χ0) is 13.4. The highest BCUT2D eigenvalue weighted by Crippen LogP contribution is 2.50. The highest BCUT2D eigenvalue weighted by atomic mass is 16.5. The van der Waals surface area contributed by atoms with Crippen molar-refractivity contribution in [3.8, 4) is 0 Å². The third kappa shape index (κ3) is 2.27. The summed E-state index contributed by atoms with van der Waals surface area (Å²) in [5, 5.41) is 9.24. The third-order valence-electron chi connectivity index (χ3n) is 3.81. The number of rotatable bonds is 5. The fourth-order valence-corrected chi connectivity index (χ4v) is 2.37. The van der Waals surface area contributed by atoms with Gasteiger partial charge in [-0.3, -0.25) is 4.79 Å². The zero-order valence-electron chi connectivity index (χ0n) is 11.2. The van der Waals surface area contributed by atoms with Crippen molar-refractivity contribution < 1.29 is 14.6 Å². The van der Waals surface area contributed by atoms with Crippen LogP contribution in [0.5, 0.6) is 0 Å². The maximum Gasteiger partial charge on any atom is 0.309 e. The second-order valence-electron chi connectivity index (χ2n) is 5.72. The molecular formula is C15H20O3. The summed E-state index contributed by atoms with van der Waals surface area (Å²) >= 11 is 0. The fourth-order valence-electron chi connectivity index (χ4n) is 2.37. The lowest BCUT2D eigenvalue weighted by atomic mass is 9.83. The molecule has 0 amide bonds. The van der Waals surface area contributed by atoms with Crippen LogP contribution in [0.15, 0.2) is 24.3 Å². The van der Waals surface area contributed by atoms with E-state index in [0.717, 1.165) is 24.0 Å². The number of benzene rings is 1. The summed E-state index contributed by atoms with van der Waals surface area (Å²) in [5.41, 5.74) is 1.33. The quantitative estimate of drug-likeness (QED) is 0.871. The summed E-state index contributed by atoms with van der Waals surface area (Å²) in [7, 11) is 1.73. The first-order valence-corrected chi connectivity index (χ1v) is 6.28. The Morgan fingerprint density at radius 1 is 1.39 bits per heavy atom. The van der Waals surface area contributed by atoms with Gasteiger partial charge in [0.15, 0.2) is 0 Å². The summed E-state index contributed by atoms with van der Waals surface area (Å²) in [5.74, 6) is -0.764. The Hall–Kier alpha value is -1.35. The monoisotopic (exact) mass is 248 g/mol. The van der Waals surface area contributed by atoms with Crippen molar-refractivity contribution in [1.29, 1.82) is 0 Å². The molecule has 3 heteroatoms. The van der Waals surface area contributed by atoms with Crippen LogP contribution in [0.4, 0.5) is 0 Å². The minimum atomic E-state index is -0.764. The minimum absolute atomic E-state index is 0.162. The van der Waals surface area contributed by atoms with E-state index in [2.05, 4.69) is 6.07 Å². The third-order valence-corrected chi connectivity index (χ3v) is 3.81. The van der Waals surface area contributed by atoms with Crippen molar-refractivity contribution in [2.75, 3.05) is 7.11 Å². The number of ether oxygens (including phenoxy) is 1. The number of methoxy groups -OCH3 is 1. The first-order valence-electron chi connectivity index (χ1n) is 6.28. The summed E-state index contributed by atoms with van der Waals surface area (Å²) in [6, 6.07) is 8.02. The maximum atomic E-state index is 11.2. The van der Waals surface area contributed by atoms with Gasteiger partial charge in [-0.25, -0.2) is 0 Å². The second kappa shape index (κ2) is 4.39. The predicted molar refractivity (Wildman–Crippen MR) is 69.5 cm³/mol. The molecule has 0 unspecified atom stereocenters. The highest BCUT2D eigenvalue weighted by Gasteiger charge is 2.46. The van der Waals surface area contributed by atoms with E-state index in [1.807, 2.05) is 18.2 Å². The number of carboxylic acid groups (broad SMARTS) is 1. The molecule has 18 heavy (non-hydrogen) atoms. The molecule has 1 aromatic carbocycles. The molecule has 2 rings (SSSR count). The molecule has 1 aliphatic rings. The maximum absolute atomic E-state index is 11.2. The van der Waals surface area contributed by atoms with E-state index in [4.69, 9.17) is 4.74 Å². The largest absolute Gasteiger partial charge is 0.481 e. The van der Waals surface area contributed by atoms with Crippen LogP contribution in [0.25, 0.3) is 0 Å². The van der Waals surface area contributed by atoms with Crippen LogP contribution >= 0.6 is 0 Å². The number of carbonyl (C=O) groups is 1. The number of aliphatic carboxylic acids is 1. The Labute approximate surface area is 108 Å². The molecule has 1 aliphatic carbocycles. The van der Waals surface area contributed by atoms with E-state index in [-0.39, 0.29) is 5.60 Å². The lowest BCUT2D eigenvalue weighted by Gasteiger charge is -2.24. The van der Waals surface area contributed by atoms with E-state index in [9.17, 15) is 9.90 Å². The summed E-state index contributed by atoms with van der Waals surface area (Å²) in [6.45, 7) is 3.52. The first-order chi connectivity index (χ1) is 8.41. The Bertz CT molecular complexity index is 459. The van der Waals surface area contributed by atoms with E-state index < -0.39 is 11.4 Å². The average Bonchev–Trinajstić information content (AvgIpc) is 3.10. The fraction of sp³-hybridized carbons (Fsp3) is 0.533. The normalized spacial score (nSPS) is 17.5. The Balaban J connectivity index is 2.32. The molecule has 0 radical (unpaired) electrons. The van der Waals surface area contributed by atoms with Crippen molar-refractivity contribution in [1.82, 2.24) is 0 Å². The van der Waals surface area contributed by atoms with Gasteiger partial charge in [-0.05, 0) is 44.2 Å². The first kappa shape index (κ1) is 13.1. The smallest absolute Gasteiger partial charge is 0.309 e. The zero-order valence-corrected chi connectivity index (χ0v) is 11.2. The topological polar surface area (TPSA) is 46.5 Å². The molecule has 0 atom stereocenters. The highest BCUT2D eigenvalue weighted by molar-refractivity contribution is 5.74. The van der Waals surface area contributed by atoms with Gasteiger partial charge in [0, 0.05) is 7.11 Å². The molecule has 1 N–H and O–H groups in total. The van der Waals surface area contributed by atoms with Crippen molar-refractivity contribution in [2.24, 2.45) is 5.41 Å². The Kier molecular flexibility index (Phi) is 3.20. The van der Waals surface area contributed by atoms with Gasteiger partial charge in [-0.15, -0.1) is 0 Å². The molecule has 0 heterocycles. The van der Waals surface area contributed by atoms with Crippen LogP contribution in [0, 0.1) is 5.41 Å². The van der Waals surface area contributed by atoms with Gasteiger partial charge in [-0.1, -0.05) is 24.3 Å². The van der Waals surface area contributed by atoms with Crippen LogP contribution in [-0.4, -0.2) is 18.2 Å². The molecular weight excluding hydrogens is 228 g/mol. The van der Waals surface area contributed by atoms with Gasteiger partial charge in [0.05, 0.1) is 11.0 Å². The van der Waals surface area contributed by atoms with Crippen molar-refractivity contribution in [2.45, 2.75) is 38.7 Å². The lowest BCUT2D eigenvalue weighted by molar-refractivity contribution is -0.146. The van der Waals surface area contributed by atoms with Crippen LogP contribution in [-0.2, 0) is 21.6 Å². The molecule has 0 spiro atoms. The van der Waals surface area contributed by atoms with Gasteiger partial charge < -0.3 is 9.84 Å². The molecule has 1 aromatic rings. The summed E-state index contributed by atoms with van der Waals surface area (Å²) in [6.07, 6.45) is 2.58. The number of carboxylic acids is 1. The van der Waals surface area contributed by atoms with Crippen LogP contribution < -0.4 is 0 Å². The van der Waals surface area contributed by atoms with Gasteiger partial charge >= 0.3 is 5.97 Å². The van der Waals surface area contributed by atoms with Gasteiger partial charge in [0.2, 0.25) is 0 Å². The summed E-state index contributed by atoms with van der Waals surface area (Å²) < 4.78 is 5.60. The second-order valence-corrected chi connectivity index (χ2v) is 5.72. The standard InChI is InChI=1S/C15H20O3/c1-14(2,13(16)17)10-11-6-4-5-7-12(11)15(18-3)8-9-15/h4-7H,8-10H2,1-3H3,(H,16,17). The molecule has 0 saturated heterocycles. The average molecular weight is 248 g/mol. The van der Waals surface area contributed by atoms with Gasteiger partial charge in [0.1, 0.15) is 0 Å². The Morgan fingerprint density at radius 3 is 2.50 bits per heavy atom. The van der Waals surface area contributed by atoms with Crippen LogP contribution in [0.2, 0.25) is 0 Å². The van der Waals surface area contributed by atoms with Crippen molar-refractivity contribution >= 4 is 5.97 Å². The van der Waals surface area contributed by atoms with E-state index >= 15 is 0 Å². The lowest BCUT2D eigenvalue weighted by Crippen LogP contribution is -2.27. The van der Waals surface area contributed by atoms with Crippen LogP contribution in [0.3, 0.4) is 0 Å². The number of hydrogen-bond donors (Lipinski definition) is 1.